The number of amides is 3. The average molecular weight is 434 g/mol. The summed E-state index contributed by atoms with van der Waals surface area (Å²) >= 11 is 0. The largest absolute Gasteiger partial charge is 0.328 e. The van der Waals surface area contributed by atoms with Gasteiger partial charge in [-0.3, -0.25) is 15.0 Å². The molecule has 4 rings (SSSR count). The highest BCUT2D eigenvalue weighted by Gasteiger charge is 2.30. The van der Waals surface area contributed by atoms with E-state index in [-0.39, 0.29) is 17.6 Å². The molecule has 1 N–H and O–H groups in total. The number of sulfonamides is 1. The minimum Gasteiger partial charge on any atom is -0.290 e. The second-order valence-corrected chi connectivity index (χ2v) is 10.8. The molecule has 0 saturated carbocycles. The Bertz CT molecular complexity index is 1070. The second-order valence-electron chi connectivity index (χ2n) is 8.29. The predicted octanol–water partition coefficient (Wildman–Crippen LogP) is 1.77. The maximum atomic E-state index is 12.4. The molecule has 0 atom stereocenters. The minimum absolute atomic E-state index is 0.265. The summed E-state index contributed by atoms with van der Waals surface area (Å²) in [5.74, 6) is 0.146. The van der Waals surface area contributed by atoms with Crippen molar-refractivity contribution in [3.05, 3.63) is 30.1 Å². The van der Waals surface area contributed by atoms with Crippen molar-refractivity contribution in [2.24, 2.45) is 5.92 Å². The highest BCUT2D eigenvalue weighted by molar-refractivity contribution is 7.89. The third-order valence-electron chi connectivity index (χ3n) is 5.96. The summed E-state index contributed by atoms with van der Waals surface area (Å²) in [4.78, 5) is 25.2. The van der Waals surface area contributed by atoms with Gasteiger partial charge in [0.2, 0.25) is 15.9 Å². The van der Waals surface area contributed by atoms with E-state index in [0.29, 0.717) is 31.2 Å². The van der Waals surface area contributed by atoms with Gasteiger partial charge in [0.05, 0.1) is 22.7 Å². The number of hydrogen-bond donors (Lipinski definition) is 1. The molecular formula is C20H27N5O4S. The van der Waals surface area contributed by atoms with Crippen LogP contribution in [0.1, 0.15) is 38.7 Å². The molecule has 10 heteroatoms. The summed E-state index contributed by atoms with van der Waals surface area (Å²) in [7, 11) is -3.19. The van der Waals surface area contributed by atoms with Crippen LogP contribution >= 0.6 is 0 Å². The maximum absolute atomic E-state index is 12.4. The molecule has 30 heavy (non-hydrogen) atoms. The highest BCUT2D eigenvalue weighted by atomic mass is 32.2. The first-order chi connectivity index (χ1) is 14.3. The van der Waals surface area contributed by atoms with E-state index in [1.807, 2.05) is 18.3 Å². The molecule has 0 aromatic carbocycles. The molecule has 3 amide bonds. The molecule has 2 aliphatic heterocycles. The van der Waals surface area contributed by atoms with E-state index < -0.39 is 16.1 Å². The first-order valence-electron chi connectivity index (χ1n) is 10.3. The zero-order valence-corrected chi connectivity index (χ0v) is 18.1. The monoisotopic (exact) mass is 433 g/mol. The van der Waals surface area contributed by atoms with Crippen LogP contribution in [0.4, 0.5) is 10.5 Å². The summed E-state index contributed by atoms with van der Waals surface area (Å²) in [6.07, 6.45) is 6.30. The van der Waals surface area contributed by atoms with Gasteiger partial charge >= 0.3 is 6.03 Å². The van der Waals surface area contributed by atoms with Gasteiger partial charge in [-0.25, -0.2) is 22.0 Å². The van der Waals surface area contributed by atoms with Crippen molar-refractivity contribution in [1.82, 2.24) is 19.2 Å². The summed E-state index contributed by atoms with van der Waals surface area (Å²) in [5.41, 5.74) is 2.62. The van der Waals surface area contributed by atoms with Gasteiger partial charge < -0.3 is 0 Å². The van der Waals surface area contributed by atoms with Crippen LogP contribution in [0.25, 0.3) is 5.52 Å². The number of anilines is 1. The Balaban J connectivity index is 1.47. The number of rotatable bonds is 5. The van der Waals surface area contributed by atoms with Crippen molar-refractivity contribution < 1.29 is 18.0 Å². The van der Waals surface area contributed by atoms with Crippen molar-refractivity contribution in [3.63, 3.8) is 0 Å². The van der Waals surface area contributed by atoms with E-state index in [1.54, 1.807) is 33.8 Å². The summed E-state index contributed by atoms with van der Waals surface area (Å²) in [5, 5.41) is 6.28. The predicted molar refractivity (Wildman–Crippen MR) is 113 cm³/mol. The Morgan fingerprint density at radius 2 is 1.93 bits per heavy atom. The van der Waals surface area contributed by atoms with Crippen molar-refractivity contribution in [2.75, 3.05) is 24.5 Å². The smallest absolute Gasteiger partial charge is 0.290 e. The lowest BCUT2D eigenvalue weighted by Crippen LogP contribution is -2.49. The van der Waals surface area contributed by atoms with Crippen molar-refractivity contribution in [3.8, 4) is 0 Å². The number of pyridine rings is 1. The molecule has 2 aromatic rings. The maximum Gasteiger partial charge on any atom is 0.328 e. The molecule has 0 radical (unpaired) electrons. The van der Waals surface area contributed by atoms with E-state index in [0.717, 1.165) is 30.3 Å². The van der Waals surface area contributed by atoms with E-state index in [2.05, 4.69) is 10.4 Å². The highest BCUT2D eigenvalue weighted by Crippen LogP contribution is 2.28. The number of fused-ring (bicyclic) bond motifs is 1. The van der Waals surface area contributed by atoms with Gasteiger partial charge in [0.15, 0.2) is 0 Å². The number of nitrogens with zero attached hydrogens (tertiary/aromatic N) is 4. The molecule has 0 spiro atoms. The van der Waals surface area contributed by atoms with Crippen LogP contribution < -0.4 is 10.2 Å². The SMILES string of the molecule is CC(C)S(=O)(=O)N1CCC(Cc2ccn3ncc(N4CCC(=O)NC4=O)c3c2)CC1. The third kappa shape index (κ3) is 3.93. The molecule has 0 unspecified atom stereocenters. The lowest BCUT2D eigenvalue weighted by Gasteiger charge is -2.32. The molecular weight excluding hydrogens is 406 g/mol. The summed E-state index contributed by atoms with van der Waals surface area (Å²) in [6.45, 7) is 4.90. The fourth-order valence-corrected chi connectivity index (χ4v) is 5.46. The Kier molecular flexibility index (Phi) is 5.54. The van der Waals surface area contributed by atoms with Crippen LogP contribution in [0.3, 0.4) is 0 Å². The van der Waals surface area contributed by atoms with Crippen LogP contribution in [0, 0.1) is 5.92 Å². The van der Waals surface area contributed by atoms with Crippen LogP contribution in [0.2, 0.25) is 0 Å². The van der Waals surface area contributed by atoms with E-state index in [4.69, 9.17) is 0 Å². The number of aromatic nitrogens is 2. The van der Waals surface area contributed by atoms with Gasteiger partial charge in [0, 0.05) is 32.3 Å². The molecule has 0 aliphatic carbocycles. The molecule has 0 bridgehead atoms. The lowest BCUT2D eigenvalue weighted by atomic mass is 9.91. The molecule has 2 saturated heterocycles. The molecule has 2 aliphatic rings. The van der Waals surface area contributed by atoms with Gasteiger partial charge in [-0.1, -0.05) is 0 Å². The number of carbonyl (C=O) groups excluding carboxylic acids is 2. The number of imide groups is 1. The number of urea groups is 1. The minimum atomic E-state index is -3.19. The zero-order chi connectivity index (χ0) is 21.5. The normalized spacial score (nSPS) is 19.6. The fourth-order valence-electron chi connectivity index (χ4n) is 4.14. The Labute approximate surface area is 176 Å². The van der Waals surface area contributed by atoms with E-state index >= 15 is 0 Å². The van der Waals surface area contributed by atoms with Crippen LogP contribution in [0.5, 0.6) is 0 Å². The van der Waals surface area contributed by atoms with Gasteiger partial charge in [0.25, 0.3) is 0 Å². The van der Waals surface area contributed by atoms with Crippen LogP contribution in [-0.2, 0) is 21.2 Å². The van der Waals surface area contributed by atoms with Crippen LogP contribution in [-0.4, -0.2) is 59.2 Å². The number of hydrogen-bond acceptors (Lipinski definition) is 5. The van der Waals surface area contributed by atoms with Gasteiger partial charge in [-0.2, -0.15) is 5.10 Å². The first-order valence-corrected chi connectivity index (χ1v) is 11.8. The number of piperidine rings is 1. The molecule has 162 valence electrons. The van der Waals surface area contributed by atoms with Crippen LogP contribution in [0.15, 0.2) is 24.5 Å². The topological polar surface area (TPSA) is 104 Å². The van der Waals surface area contributed by atoms with E-state index in [1.165, 1.54) is 0 Å². The zero-order valence-electron chi connectivity index (χ0n) is 17.2. The molecule has 9 nitrogen and oxygen atoms in total. The Morgan fingerprint density at radius 3 is 2.60 bits per heavy atom. The molecule has 2 fully saturated rings. The second kappa shape index (κ2) is 7.99. The number of nitrogens with one attached hydrogen (secondary N) is 1. The Morgan fingerprint density at radius 1 is 1.20 bits per heavy atom. The third-order valence-corrected chi connectivity index (χ3v) is 8.24. The van der Waals surface area contributed by atoms with Crippen molar-refractivity contribution in [2.45, 2.75) is 44.8 Å². The van der Waals surface area contributed by atoms with Gasteiger partial charge in [0.1, 0.15) is 0 Å². The summed E-state index contributed by atoms with van der Waals surface area (Å²) < 4.78 is 28.1. The average Bonchev–Trinajstić information content (AvgIpc) is 3.11. The molecule has 4 heterocycles. The fraction of sp³-hybridized carbons (Fsp3) is 0.550. The Hall–Kier alpha value is -2.46. The van der Waals surface area contributed by atoms with Gasteiger partial charge in [-0.05, 0) is 56.7 Å². The van der Waals surface area contributed by atoms with Crippen molar-refractivity contribution in [1.29, 1.82) is 0 Å². The quantitative estimate of drug-likeness (QED) is 0.774. The summed E-state index contributed by atoms with van der Waals surface area (Å²) in [6, 6.07) is 3.62. The van der Waals surface area contributed by atoms with E-state index in [9.17, 15) is 18.0 Å². The lowest BCUT2D eigenvalue weighted by molar-refractivity contribution is -0.120. The number of carbonyl (C=O) groups is 2. The first kappa shape index (κ1) is 20.8. The van der Waals surface area contributed by atoms with Crippen molar-refractivity contribution >= 4 is 33.2 Å². The van der Waals surface area contributed by atoms with Gasteiger partial charge in [-0.15, -0.1) is 0 Å². The standard InChI is InChI=1S/C20H27N5O4S/c1-14(2)30(28,29)23-7-3-15(4-8-23)11-16-5-10-25-17(12-16)18(13-21-25)24-9-6-19(26)22-20(24)27/h5,10,12-15H,3-4,6-9,11H2,1-2H3,(H,22,26,27). The molecule has 2 aromatic heterocycles.